The highest BCUT2D eigenvalue weighted by Crippen LogP contribution is 2.25. The van der Waals surface area contributed by atoms with E-state index in [4.69, 9.17) is 4.74 Å². The second-order valence-electron chi connectivity index (χ2n) is 5.21. The second kappa shape index (κ2) is 7.54. The Balaban J connectivity index is 2.47. The second-order valence-corrected chi connectivity index (χ2v) is 5.21. The van der Waals surface area contributed by atoms with Gasteiger partial charge in [0.15, 0.2) is 0 Å². The summed E-state index contributed by atoms with van der Waals surface area (Å²) in [6.45, 7) is 10.3. The Kier molecular flexibility index (Phi) is 6.36. The van der Waals surface area contributed by atoms with Crippen LogP contribution in [0.4, 0.5) is 0 Å². The van der Waals surface area contributed by atoms with Crippen molar-refractivity contribution in [3.63, 3.8) is 0 Å². The Morgan fingerprint density at radius 2 is 2.22 bits per heavy atom. The van der Waals surface area contributed by atoms with Gasteiger partial charge in [0, 0.05) is 32.9 Å². The van der Waals surface area contributed by atoms with Gasteiger partial charge in [-0.05, 0) is 30.7 Å². The van der Waals surface area contributed by atoms with Gasteiger partial charge in [-0.15, -0.1) is 0 Å². The lowest BCUT2D eigenvalue weighted by Gasteiger charge is -2.28. The molecule has 0 spiro atoms. The summed E-state index contributed by atoms with van der Waals surface area (Å²) >= 11 is 0. The normalized spacial score (nSPS) is 14.7. The van der Waals surface area contributed by atoms with Gasteiger partial charge in [-0.1, -0.05) is 13.8 Å². The molecular formula is C14H27N3O. The number of hydrogen-bond donors (Lipinski definition) is 1. The van der Waals surface area contributed by atoms with E-state index in [9.17, 15) is 0 Å². The van der Waals surface area contributed by atoms with Crippen LogP contribution in [0.3, 0.4) is 0 Å². The van der Waals surface area contributed by atoms with Crippen LogP contribution in [0.25, 0.3) is 0 Å². The molecule has 4 nitrogen and oxygen atoms in total. The Labute approximate surface area is 111 Å². The minimum Gasteiger partial charge on any atom is -0.383 e. The molecule has 104 valence electrons. The lowest BCUT2D eigenvalue weighted by molar-refractivity contribution is 0.191. The zero-order valence-electron chi connectivity index (χ0n) is 12.2. The summed E-state index contributed by atoms with van der Waals surface area (Å²) in [6.07, 6.45) is 6.38. The number of methoxy groups -OCH3 is 1. The predicted molar refractivity (Wildman–Crippen MR) is 74.7 cm³/mol. The van der Waals surface area contributed by atoms with Crippen LogP contribution in [0.2, 0.25) is 0 Å². The van der Waals surface area contributed by atoms with Crippen LogP contribution in [0, 0.1) is 5.41 Å². The molecule has 1 heterocycles. The molecule has 1 unspecified atom stereocenters. The summed E-state index contributed by atoms with van der Waals surface area (Å²) < 4.78 is 7.04. The smallest absolute Gasteiger partial charge is 0.0587 e. The molecule has 4 heteroatoms. The van der Waals surface area contributed by atoms with E-state index in [1.54, 1.807) is 7.11 Å². The number of hydrogen-bond acceptors (Lipinski definition) is 3. The molecule has 0 amide bonds. The van der Waals surface area contributed by atoms with Gasteiger partial charge in [0.25, 0.3) is 0 Å². The summed E-state index contributed by atoms with van der Waals surface area (Å²) in [7, 11) is 1.74. The van der Waals surface area contributed by atoms with Crippen LogP contribution < -0.4 is 5.32 Å². The fourth-order valence-corrected chi connectivity index (χ4v) is 2.04. The number of rotatable bonds is 9. The molecule has 0 aromatic carbocycles. The van der Waals surface area contributed by atoms with E-state index in [0.717, 1.165) is 39.1 Å². The molecule has 1 rings (SSSR count). The summed E-state index contributed by atoms with van der Waals surface area (Å²) in [5.74, 6) is 0. The summed E-state index contributed by atoms with van der Waals surface area (Å²) in [5.41, 5.74) is 1.62. The standard InChI is InChI=1S/C14H27N3O/c1-5-14(3,12-15-7-8-18-4)9-13-10-16-17(6-2)11-13/h10-11,15H,5-9,12H2,1-4H3. The third-order valence-electron chi connectivity index (χ3n) is 3.53. The molecule has 0 saturated carbocycles. The molecule has 0 aliphatic rings. The van der Waals surface area contributed by atoms with Crippen molar-refractivity contribution in [1.82, 2.24) is 15.1 Å². The fraction of sp³-hybridized carbons (Fsp3) is 0.786. The third kappa shape index (κ3) is 4.78. The van der Waals surface area contributed by atoms with Crippen molar-refractivity contribution < 1.29 is 4.74 Å². The first-order chi connectivity index (χ1) is 8.63. The lowest BCUT2D eigenvalue weighted by Crippen LogP contribution is -2.34. The topological polar surface area (TPSA) is 39.1 Å². The molecule has 0 radical (unpaired) electrons. The molecule has 1 aromatic heterocycles. The molecule has 0 aliphatic heterocycles. The van der Waals surface area contributed by atoms with Gasteiger partial charge in [0.1, 0.15) is 0 Å². The summed E-state index contributed by atoms with van der Waals surface area (Å²) in [5, 5.41) is 7.81. The van der Waals surface area contributed by atoms with Crippen molar-refractivity contribution in [1.29, 1.82) is 0 Å². The molecule has 0 bridgehead atoms. The number of nitrogens with one attached hydrogen (secondary N) is 1. The van der Waals surface area contributed by atoms with E-state index < -0.39 is 0 Å². The number of ether oxygens (including phenoxy) is 1. The van der Waals surface area contributed by atoms with Gasteiger partial charge in [-0.2, -0.15) is 5.10 Å². The van der Waals surface area contributed by atoms with Gasteiger partial charge >= 0.3 is 0 Å². The van der Waals surface area contributed by atoms with Gasteiger partial charge in [-0.3, -0.25) is 4.68 Å². The SMILES string of the molecule is CCn1cc(CC(C)(CC)CNCCOC)cn1. The van der Waals surface area contributed by atoms with Gasteiger partial charge in [0.2, 0.25) is 0 Å². The van der Waals surface area contributed by atoms with Gasteiger partial charge < -0.3 is 10.1 Å². The van der Waals surface area contributed by atoms with Crippen LogP contribution >= 0.6 is 0 Å². The number of aryl methyl sites for hydroxylation is 1. The van der Waals surface area contributed by atoms with E-state index in [1.165, 1.54) is 5.56 Å². The first-order valence-electron chi connectivity index (χ1n) is 6.84. The zero-order valence-corrected chi connectivity index (χ0v) is 12.2. The predicted octanol–water partition coefficient (Wildman–Crippen LogP) is 2.10. The van der Waals surface area contributed by atoms with Crippen molar-refractivity contribution >= 4 is 0 Å². The molecule has 1 N–H and O–H groups in total. The lowest BCUT2D eigenvalue weighted by atomic mass is 9.82. The average molecular weight is 253 g/mol. The van der Waals surface area contributed by atoms with Gasteiger partial charge in [-0.25, -0.2) is 0 Å². The molecule has 18 heavy (non-hydrogen) atoms. The quantitative estimate of drug-likeness (QED) is 0.685. The van der Waals surface area contributed by atoms with E-state index in [1.807, 2.05) is 10.9 Å². The van der Waals surface area contributed by atoms with Crippen molar-refractivity contribution in [2.45, 2.75) is 40.2 Å². The molecular weight excluding hydrogens is 226 g/mol. The van der Waals surface area contributed by atoms with Crippen LogP contribution in [-0.4, -0.2) is 36.6 Å². The average Bonchev–Trinajstić information content (AvgIpc) is 2.82. The van der Waals surface area contributed by atoms with E-state index in [-0.39, 0.29) is 5.41 Å². The highest BCUT2D eigenvalue weighted by molar-refractivity contribution is 5.07. The fourth-order valence-electron chi connectivity index (χ4n) is 2.04. The number of aromatic nitrogens is 2. The monoisotopic (exact) mass is 253 g/mol. The van der Waals surface area contributed by atoms with Crippen LogP contribution in [0.5, 0.6) is 0 Å². The van der Waals surface area contributed by atoms with E-state index in [2.05, 4.69) is 37.4 Å². The Morgan fingerprint density at radius 1 is 1.44 bits per heavy atom. The molecule has 1 atom stereocenters. The Bertz CT molecular complexity index is 338. The van der Waals surface area contributed by atoms with E-state index in [0.29, 0.717) is 0 Å². The zero-order chi connectivity index (χ0) is 13.4. The Morgan fingerprint density at radius 3 is 2.78 bits per heavy atom. The molecule has 1 aromatic rings. The Hall–Kier alpha value is -0.870. The number of nitrogens with zero attached hydrogens (tertiary/aromatic N) is 2. The van der Waals surface area contributed by atoms with E-state index >= 15 is 0 Å². The van der Waals surface area contributed by atoms with Gasteiger partial charge in [0.05, 0.1) is 12.8 Å². The minimum absolute atomic E-state index is 0.287. The highest BCUT2D eigenvalue weighted by atomic mass is 16.5. The van der Waals surface area contributed by atoms with Crippen molar-refractivity contribution in [2.24, 2.45) is 5.41 Å². The van der Waals surface area contributed by atoms with Crippen molar-refractivity contribution in [3.05, 3.63) is 18.0 Å². The molecule has 0 fully saturated rings. The summed E-state index contributed by atoms with van der Waals surface area (Å²) in [4.78, 5) is 0. The minimum atomic E-state index is 0.287. The van der Waals surface area contributed by atoms with Crippen LogP contribution in [-0.2, 0) is 17.7 Å². The third-order valence-corrected chi connectivity index (χ3v) is 3.53. The first-order valence-corrected chi connectivity index (χ1v) is 6.84. The maximum atomic E-state index is 5.05. The molecule has 0 saturated heterocycles. The first kappa shape index (κ1) is 15.2. The van der Waals surface area contributed by atoms with Crippen LogP contribution in [0.15, 0.2) is 12.4 Å². The maximum absolute atomic E-state index is 5.05. The maximum Gasteiger partial charge on any atom is 0.0587 e. The highest BCUT2D eigenvalue weighted by Gasteiger charge is 2.22. The molecule has 0 aliphatic carbocycles. The van der Waals surface area contributed by atoms with Crippen LogP contribution in [0.1, 0.15) is 32.8 Å². The van der Waals surface area contributed by atoms with Crippen molar-refractivity contribution in [3.8, 4) is 0 Å². The van der Waals surface area contributed by atoms with Crippen molar-refractivity contribution in [2.75, 3.05) is 26.8 Å². The summed E-state index contributed by atoms with van der Waals surface area (Å²) in [6, 6.07) is 0. The largest absolute Gasteiger partial charge is 0.383 e.